The highest BCUT2D eigenvalue weighted by molar-refractivity contribution is 5.94. The Hall–Kier alpha value is -1.79. The van der Waals surface area contributed by atoms with Crippen molar-refractivity contribution >= 4 is 5.84 Å². The molecule has 0 heterocycles. The summed E-state index contributed by atoms with van der Waals surface area (Å²) >= 11 is 0. The summed E-state index contributed by atoms with van der Waals surface area (Å²) in [5, 5.41) is 15.7. The molecule has 3 heteroatoms. The summed E-state index contributed by atoms with van der Waals surface area (Å²) in [5.74, 6) is 5.76. The SMILES string of the molecule is N=C(N)c1ccc(C#CCCO)cc1. The van der Waals surface area contributed by atoms with Crippen LogP contribution in [0.25, 0.3) is 0 Å². The maximum atomic E-state index is 8.51. The van der Waals surface area contributed by atoms with Crippen LogP contribution in [0, 0.1) is 17.3 Å². The van der Waals surface area contributed by atoms with Crippen LogP contribution in [0.5, 0.6) is 0 Å². The zero-order valence-corrected chi connectivity index (χ0v) is 7.75. The molecule has 0 fully saturated rings. The molecular weight excluding hydrogens is 176 g/mol. The van der Waals surface area contributed by atoms with Gasteiger partial charge in [-0.2, -0.15) is 0 Å². The van der Waals surface area contributed by atoms with Crippen molar-refractivity contribution in [2.45, 2.75) is 6.42 Å². The Morgan fingerprint density at radius 3 is 2.50 bits per heavy atom. The fraction of sp³-hybridized carbons (Fsp3) is 0.182. The Balaban J connectivity index is 2.75. The van der Waals surface area contributed by atoms with Crippen LogP contribution in [0.1, 0.15) is 17.5 Å². The van der Waals surface area contributed by atoms with Crippen LogP contribution in [0.2, 0.25) is 0 Å². The van der Waals surface area contributed by atoms with Crippen LogP contribution in [-0.2, 0) is 0 Å². The van der Waals surface area contributed by atoms with Gasteiger partial charge in [0.15, 0.2) is 0 Å². The van der Waals surface area contributed by atoms with Gasteiger partial charge in [-0.05, 0) is 12.1 Å². The molecule has 0 unspecified atom stereocenters. The molecule has 72 valence electrons. The lowest BCUT2D eigenvalue weighted by Crippen LogP contribution is -2.10. The molecule has 0 aromatic heterocycles. The molecule has 0 aliphatic heterocycles. The van der Waals surface area contributed by atoms with Gasteiger partial charge in [-0.1, -0.05) is 24.0 Å². The summed E-state index contributed by atoms with van der Waals surface area (Å²) in [5.41, 5.74) is 6.86. The van der Waals surface area contributed by atoms with E-state index in [1.807, 2.05) is 0 Å². The van der Waals surface area contributed by atoms with Crippen molar-refractivity contribution in [2.75, 3.05) is 6.61 Å². The number of benzene rings is 1. The van der Waals surface area contributed by atoms with Crippen LogP contribution >= 0.6 is 0 Å². The Kier molecular flexibility index (Phi) is 3.71. The quantitative estimate of drug-likeness (QED) is 0.363. The number of rotatable bonds is 2. The normalized spacial score (nSPS) is 8.93. The molecule has 0 saturated heterocycles. The van der Waals surface area contributed by atoms with Crippen LogP contribution in [0.15, 0.2) is 24.3 Å². The number of amidine groups is 1. The van der Waals surface area contributed by atoms with E-state index in [0.717, 1.165) is 5.56 Å². The molecule has 1 rings (SSSR count). The lowest BCUT2D eigenvalue weighted by atomic mass is 10.1. The lowest BCUT2D eigenvalue weighted by Gasteiger charge is -1.96. The lowest BCUT2D eigenvalue weighted by molar-refractivity contribution is 0.305. The zero-order chi connectivity index (χ0) is 10.4. The van der Waals surface area contributed by atoms with Gasteiger partial charge >= 0.3 is 0 Å². The van der Waals surface area contributed by atoms with Crippen molar-refractivity contribution < 1.29 is 5.11 Å². The molecule has 0 saturated carbocycles. The third kappa shape index (κ3) is 2.92. The highest BCUT2D eigenvalue weighted by Gasteiger charge is 1.93. The largest absolute Gasteiger partial charge is 0.395 e. The molecule has 0 atom stereocenters. The van der Waals surface area contributed by atoms with Gasteiger partial charge in [0.25, 0.3) is 0 Å². The van der Waals surface area contributed by atoms with E-state index < -0.39 is 0 Å². The first-order valence-electron chi connectivity index (χ1n) is 4.28. The number of aliphatic hydroxyl groups is 1. The topological polar surface area (TPSA) is 70.1 Å². The fourth-order valence-corrected chi connectivity index (χ4v) is 0.954. The monoisotopic (exact) mass is 188 g/mol. The van der Waals surface area contributed by atoms with Crippen LogP contribution in [0.3, 0.4) is 0 Å². The van der Waals surface area contributed by atoms with Gasteiger partial charge in [-0.15, -0.1) is 0 Å². The number of hydrogen-bond acceptors (Lipinski definition) is 2. The first-order valence-corrected chi connectivity index (χ1v) is 4.28. The minimum Gasteiger partial charge on any atom is -0.395 e. The summed E-state index contributed by atoms with van der Waals surface area (Å²) in [4.78, 5) is 0. The molecule has 1 aromatic rings. The summed E-state index contributed by atoms with van der Waals surface area (Å²) in [6.45, 7) is 0.0819. The van der Waals surface area contributed by atoms with Gasteiger partial charge in [-0.25, -0.2) is 0 Å². The minimum absolute atomic E-state index is 0.0554. The summed E-state index contributed by atoms with van der Waals surface area (Å²) in [6, 6.07) is 7.12. The van der Waals surface area contributed by atoms with Gasteiger partial charge < -0.3 is 10.8 Å². The second kappa shape index (κ2) is 5.05. The van der Waals surface area contributed by atoms with E-state index in [4.69, 9.17) is 16.2 Å². The number of nitrogen functional groups attached to an aromatic ring is 1. The van der Waals surface area contributed by atoms with Gasteiger partial charge in [-0.3, -0.25) is 5.41 Å². The zero-order valence-electron chi connectivity index (χ0n) is 7.75. The van der Waals surface area contributed by atoms with Crippen molar-refractivity contribution in [2.24, 2.45) is 5.73 Å². The van der Waals surface area contributed by atoms with Crippen molar-refractivity contribution in [3.8, 4) is 11.8 Å². The first-order chi connectivity index (χ1) is 6.74. The molecule has 0 amide bonds. The molecule has 4 N–H and O–H groups in total. The molecule has 14 heavy (non-hydrogen) atoms. The molecule has 0 aliphatic rings. The van der Waals surface area contributed by atoms with Gasteiger partial charge in [0.2, 0.25) is 0 Å². The Bertz CT molecular complexity index is 371. The molecule has 1 aromatic carbocycles. The van der Waals surface area contributed by atoms with Crippen molar-refractivity contribution in [3.05, 3.63) is 35.4 Å². The van der Waals surface area contributed by atoms with E-state index in [-0.39, 0.29) is 12.4 Å². The highest BCUT2D eigenvalue weighted by Crippen LogP contribution is 2.02. The molecule has 0 bridgehead atoms. The van der Waals surface area contributed by atoms with E-state index in [1.165, 1.54) is 0 Å². The van der Waals surface area contributed by atoms with E-state index in [9.17, 15) is 0 Å². The van der Waals surface area contributed by atoms with Gasteiger partial charge in [0, 0.05) is 17.5 Å². The van der Waals surface area contributed by atoms with E-state index in [2.05, 4.69) is 11.8 Å². The molecular formula is C11H12N2O. The summed E-state index contributed by atoms with van der Waals surface area (Å²) in [6.07, 6.45) is 0.481. The predicted octanol–water partition coefficient (Wildman–Crippen LogP) is 0.705. The van der Waals surface area contributed by atoms with Gasteiger partial charge in [0.1, 0.15) is 5.84 Å². The maximum Gasteiger partial charge on any atom is 0.122 e. The molecule has 0 radical (unpaired) electrons. The number of hydrogen-bond donors (Lipinski definition) is 3. The standard InChI is InChI=1S/C11H12N2O/c12-11(13)10-6-4-9(5-7-10)3-1-2-8-14/h4-7,14H,2,8H2,(H3,12,13). The van der Waals surface area contributed by atoms with Gasteiger partial charge in [0.05, 0.1) is 6.61 Å². The van der Waals surface area contributed by atoms with Crippen LogP contribution in [0.4, 0.5) is 0 Å². The number of nitrogens with two attached hydrogens (primary N) is 1. The van der Waals surface area contributed by atoms with Crippen molar-refractivity contribution in [1.29, 1.82) is 5.41 Å². The van der Waals surface area contributed by atoms with E-state index in [0.29, 0.717) is 12.0 Å². The third-order valence-corrected chi connectivity index (χ3v) is 1.67. The number of nitrogens with one attached hydrogen (secondary N) is 1. The van der Waals surface area contributed by atoms with Crippen molar-refractivity contribution in [3.63, 3.8) is 0 Å². The smallest absolute Gasteiger partial charge is 0.122 e. The Labute approximate surface area is 83.1 Å². The van der Waals surface area contributed by atoms with Crippen LogP contribution < -0.4 is 5.73 Å². The Morgan fingerprint density at radius 2 is 2.00 bits per heavy atom. The average molecular weight is 188 g/mol. The van der Waals surface area contributed by atoms with E-state index >= 15 is 0 Å². The third-order valence-electron chi connectivity index (χ3n) is 1.67. The molecule has 3 nitrogen and oxygen atoms in total. The predicted molar refractivity (Wildman–Crippen MR) is 56.0 cm³/mol. The second-order valence-electron chi connectivity index (χ2n) is 2.77. The Morgan fingerprint density at radius 1 is 1.36 bits per heavy atom. The molecule has 0 aliphatic carbocycles. The maximum absolute atomic E-state index is 8.51. The summed E-state index contributed by atoms with van der Waals surface area (Å²) < 4.78 is 0. The fourth-order valence-electron chi connectivity index (χ4n) is 0.954. The van der Waals surface area contributed by atoms with E-state index in [1.54, 1.807) is 24.3 Å². The van der Waals surface area contributed by atoms with Crippen molar-refractivity contribution in [1.82, 2.24) is 0 Å². The number of aliphatic hydroxyl groups excluding tert-OH is 1. The first kappa shape index (κ1) is 10.3. The minimum atomic E-state index is 0.0554. The highest BCUT2D eigenvalue weighted by atomic mass is 16.2. The molecule has 0 spiro atoms. The second-order valence-corrected chi connectivity index (χ2v) is 2.77. The average Bonchev–Trinajstić information content (AvgIpc) is 2.19. The van der Waals surface area contributed by atoms with Crippen LogP contribution in [-0.4, -0.2) is 17.5 Å². The summed E-state index contributed by atoms with van der Waals surface area (Å²) in [7, 11) is 0.